The monoisotopic (exact) mass is 395 g/mol. The van der Waals surface area contributed by atoms with Gasteiger partial charge in [-0.3, -0.25) is 15.2 Å². The van der Waals surface area contributed by atoms with Gasteiger partial charge in [0.15, 0.2) is 5.69 Å². The van der Waals surface area contributed by atoms with Crippen molar-refractivity contribution >= 4 is 11.9 Å². The van der Waals surface area contributed by atoms with Crippen LogP contribution in [0, 0.1) is 17.2 Å². The summed E-state index contributed by atoms with van der Waals surface area (Å²) in [5.74, 6) is 0.379. The fourth-order valence-corrected chi connectivity index (χ4v) is 4.00. The molecule has 0 bridgehead atoms. The number of nitrogens with zero attached hydrogens (tertiary/aromatic N) is 3. The van der Waals surface area contributed by atoms with E-state index in [9.17, 15) is 9.18 Å². The fourth-order valence-electron chi connectivity index (χ4n) is 4.00. The third kappa shape index (κ3) is 3.69. The van der Waals surface area contributed by atoms with Crippen LogP contribution in [-0.4, -0.2) is 25.7 Å². The zero-order valence-electron chi connectivity index (χ0n) is 17.2. The highest BCUT2D eigenvalue weighted by Gasteiger charge is 2.33. The van der Waals surface area contributed by atoms with Crippen LogP contribution in [0.3, 0.4) is 0 Å². The molecule has 0 spiro atoms. The molecule has 29 heavy (non-hydrogen) atoms. The summed E-state index contributed by atoms with van der Waals surface area (Å²) in [4.78, 5) is 17.3. The Morgan fingerprint density at radius 3 is 2.69 bits per heavy atom. The third-order valence-corrected chi connectivity index (χ3v) is 5.94. The molecule has 1 aromatic carbocycles. The molecule has 4 rings (SSSR count). The van der Waals surface area contributed by atoms with Gasteiger partial charge in [-0.25, -0.2) is 9.37 Å². The second-order valence-corrected chi connectivity index (χ2v) is 8.82. The van der Waals surface area contributed by atoms with Crippen molar-refractivity contribution in [2.24, 2.45) is 18.4 Å². The molecule has 1 atom stereocenters. The van der Waals surface area contributed by atoms with Gasteiger partial charge in [-0.15, -0.1) is 0 Å². The predicted octanol–water partition coefficient (Wildman–Crippen LogP) is 4.35. The van der Waals surface area contributed by atoms with Crippen molar-refractivity contribution < 1.29 is 9.18 Å². The Labute approximate surface area is 169 Å². The molecule has 3 aromatic rings. The van der Waals surface area contributed by atoms with Crippen molar-refractivity contribution in [1.82, 2.24) is 19.7 Å². The van der Waals surface area contributed by atoms with Gasteiger partial charge in [-0.05, 0) is 54.9 Å². The quantitative estimate of drug-likeness (QED) is 0.692. The molecule has 0 saturated heterocycles. The minimum Gasteiger partial charge on any atom is -0.313 e. The summed E-state index contributed by atoms with van der Waals surface area (Å²) in [6.45, 7) is 6.73. The first-order chi connectivity index (χ1) is 13.7. The van der Waals surface area contributed by atoms with Gasteiger partial charge in [0, 0.05) is 23.9 Å². The van der Waals surface area contributed by atoms with E-state index >= 15 is 0 Å². The van der Waals surface area contributed by atoms with Crippen LogP contribution >= 0.6 is 0 Å². The van der Waals surface area contributed by atoms with Crippen molar-refractivity contribution in [1.29, 1.82) is 0 Å². The Bertz CT molecular complexity index is 1040. The van der Waals surface area contributed by atoms with Crippen LogP contribution in [0.4, 0.5) is 10.3 Å². The van der Waals surface area contributed by atoms with E-state index in [2.05, 4.69) is 41.3 Å². The number of nitrogens with one attached hydrogen (secondary N) is 2. The number of rotatable bonds is 3. The topological polar surface area (TPSA) is 75.6 Å². The second-order valence-electron chi connectivity index (χ2n) is 8.82. The first kappa shape index (κ1) is 19.4. The SMILES string of the molecule is Cn1c(-c2ccc(F)cc2)cnc1NC(=O)c1n[nH]c2c1CC(C(C)(C)C)CC2. The van der Waals surface area contributed by atoms with Gasteiger partial charge in [-0.2, -0.15) is 5.10 Å². The van der Waals surface area contributed by atoms with Gasteiger partial charge in [-0.1, -0.05) is 20.8 Å². The number of aryl methyl sites for hydroxylation is 1. The van der Waals surface area contributed by atoms with Crippen LogP contribution in [0.15, 0.2) is 30.5 Å². The van der Waals surface area contributed by atoms with Crippen LogP contribution in [-0.2, 0) is 19.9 Å². The zero-order chi connectivity index (χ0) is 20.8. The van der Waals surface area contributed by atoms with E-state index in [0.29, 0.717) is 17.6 Å². The molecular weight excluding hydrogens is 369 g/mol. The van der Waals surface area contributed by atoms with Crippen molar-refractivity contribution in [2.75, 3.05) is 5.32 Å². The maximum Gasteiger partial charge on any atom is 0.278 e. The van der Waals surface area contributed by atoms with Gasteiger partial charge in [0.05, 0.1) is 11.9 Å². The lowest BCUT2D eigenvalue weighted by molar-refractivity contribution is 0.101. The molecule has 0 saturated carbocycles. The molecule has 0 radical (unpaired) electrons. The summed E-state index contributed by atoms with van der Waals surface area (Å²) in [6.07, 6.45) is 4.52. The first-order valence-corrected chi connectivity index (χ1v) is 9.89. The van der Waals surface area contributed by atoms with Crippen LogP contribution in [0.1, 0.15) is 48.9 Å². The summed E-state index contributed by atoms with van der Waals surface area (Å²) in [5.41, 5.74) is 4.32. The van der Waals surface area contributed by atoms with Crippen molar-refractivity contribution in [2.45, 2.75) is 40.0 Å². The molecule has 2 N–H and O–H groups in total. The van der Waals surface area contributed by atoms with E-state index in [4.69, 9.17) is 0 Å². The van der Waals surface area contributed by atoms with Gasteiger partial charge < -0.3 is 4.57 Å². The van der Waals surface area contributed by atoms with Crippen molar-refractivity contribution in [3.05, 3.63) is 53.2 Å². The largest absolute Gasteiger partial charge is 0.313 e. The molecule has 1 unspecified atom stereocenters. The molecule has 2 aromatic heterocycles. The number of carbonyl (C=O) groups is 1. The number of benzene rings is 1. The molecule has 0 aliphatic heterocycles. The lowest BCUT2D eigenvalue weighted by Gasteiger charge is -2.33. The molecule has 1 amide bonds. The maximum atomic E-state index is 13.2. The Morgan fingerprint density at radius 2 is 2.00 bits per heavy atom. The zero-order valence-corrected chi connectivity index (χ0v) is 17.2. The standard InChI is InChI=1S/C22H26FN5O/c1-22(2,3)14-7-10-17-16(11-14)19(27-26-17)20(29)25-21-24-12-18(28(21)4)13-5-8-15(23)9-6-13/h5-6,8-9,12,14H,7,10-11H2,1-4H3,(H,26,27)(H,24,25,29). The van der Waals surface area contributed by atoms with Crippen LogP contribution in [0.2, 0.25) is 0 Å². The van der Waals surface area contributed by atoms with Gasteiger partial charge in [0.2, 0.25) is 5.95 Å². The second kappa shape index (κ2) is 7.13. The van der Waals surface area contributed by atoms with E-state index in [-0.39, 0.29) is 17.1 Å². The van der Waals surface area contributed by atoms with Gasteiger partial charge in [0.1, 0.15) is 5.82 Å². The van der Waals surface area contributed by atoms with Crippen LogP contribution in [0.25, 0.3) is 11.3 Å². The number of halogens is 1. The first-order valence-electron chi connectivity index (χ1n) is 9.89. The van der Waals surface area contributed by atoms with Crippen LogP contribution < -0.4 is 5.32 Å². The predicted molar refractivity (Wildman–Crippen MR) is 110 cm³/mol. The summed E-state index contributed by atoms with van der Waals surface area (Å²) >= 11 is 0. The van der Waals surface area contributed by atoms with E-state index in [1.807, 2.05) is 7.05 Å². The number of amides is 1. The minimum atomic E-state index is -0.290. The minimum absolute atomic E-state index is 0.187. The number of H-pyrrole nitrogens is 1. The summed E-state index contributed by atoms with van der Waals surface area (Å²) in [7, 11) is 1.82. The normalized spacial score (nSPS) is 16.5. The highest BCUT2D eigenvalue weighted by Crippen LogP contribution is 2.37. The van der Waals surface area contributed by atoms with E-state index in [1.54, 1.807) is 22.9 Å². The third-order valence-electron chi connectivity index (χ3n) is 5.94. The Kier molecular flexibility index (Phi) is 4.76. The summed E-state index contributed by atoms with van der Waals surface area (Å²) in [6, 6.07) is 6.19. The number of hydrogen-bond acceptors (Lipinski definition) is 3. The number of hydrogen-bond donors (Lipinski definition) is 2. The average molecular weight is 395 g/mol. The maximum absolute atomic E-state index is 13.2. The molecule has 1 aliphatic rings. The van der Waals surface area contributed by atoms with E-state index < -0.39 is 0 Å². The molecule has 6 nitrogen and oxygen atoms in total. The lowest BCUT2D eigenvalue weighted by Crippen LogP contribution is -2.28. The highest BCUT2D eigenvalue weighted by molar-refractivity contribution is 6.03. The number of aromatic nitrogens is 4. The molecule has 152 valence electrons. The lowest BCUT2D eigenvalue weighted by atomic mass is 9.71. The smallest absolute Gasteiger partial charge is 0.278 e. The van der Waals surface area contributed by atoms with Crippen molar-refractivity contribution in [3.63, 3.8) is 0 Å². The van der Waals surface area contributed by atoms with Crippen LogP contribution in [0.5, 0.6) is 0 Å². The average Bonchev–Trinajstić information content (AvgIpc) is 3.25. The molecule has 2 heterocycles. The Hall–Kier alpha value is -2.96. The number of anilines is 1. The summed E-state index contributed by atoms with van der Waals surface area (Å²) in [5, 5.41) is 10.2. The Morgan fingerprint density at radius 1 is 1.28 bits per heavy atom. The van der Waals surface area contributed by atoms with Gasteiger partial charge >= 0.3 is 0 Å². The van der Waals surface area contributed by atoms with E-state index in [0.717, 1.165) is 41.8 Å². The van der Waals surface area contributed by atoms with Crippen molar-refractivity contribution in [3.8, 4) is 11.3 Å². The van der Waals surface area contributed by atoms with E-state index in [1.165, 1.54) is 12.1 Å². The fraction of sp³-hybridized carbons (Fsp3) is 0.409. The Balaban J connectivity index is 1.56. The molecular formula is C22H26FN5O. The number of fused-ring (bicyclic) bond motifs is 1. The highest BCUT2D eigenvalue weighted by atomic mass is 19.1. The number of imidazole rings is 1. The molecule has 0 fully saturated rings. The molecule has 1 aliphatic carbocycles. The summed E-state index contributed by atoms with van der Waals surface area (Å²) < 4.78 is 15.0. The molecule has 7 heteroatoms. The van der Waals surface area contributed by atoms with Gasteiger partial charge in [0.25, 0.3) is 5.91 Å². The number of carbonyl (C=O) groups excluding carboxylic acids is 1. The number of aromatic amines is 1.